The quantitative estimate of drug-likeness (QED) is 0.188. The summed E-state index contributed by atoms with van der Waals surface area (Å²) in [7, 11) is 0. The van der Waals surface area contributed by atoms with Crippen molar-refractivity contribution in [2.24, 2.45) is 0 Å². The molecule has 0 bridgehead atoms. The van der Waals surface area contributed by atoms with E-state index in [2.05, 4.69) is 16.7 Å². The molecule has 0 aliphatic carbocycles. The Morgan fingerprint density at radius 1 is 0.956 bits per heavy atom. The molecule has 0 fully saturated rings. The average Bonchev–Trinajstić information content (AvgIpc) is 3.37. The van der Waals surface area contributed by atoms with E-state index in [4.69, 9.17) is 14.5 Å². The summed E-state index contributed by atoms with van der Waals surface area (Å²) < 4.78 is 13.4. The number of nitriles is 1. The van der Waals surface area contributed by atoms with Crippen LogP contribution in [0, 0.1) is 18.3 Å². The van der Waals surface area contributed by atoms with E-state index in [1.54, 1.807) is 18.2 Å². The summed E-state index contributed by atoms with van der Waals surface area (Å²) in [6.45, 7) is 7.91. The first-order valence-electron chi connectivity index (χ1n) is 14.6. The van der Waals surface area contributed by atoms with Crippen molar-refractivity contribution in [1.82, 2.24) is 14.9 Å². The Balaban J connectivity index is 1.33. The van der Waals surface area contributed by atoms with Gasteiger partial charge in [0, 0.05) is 11.3 Å². The third-order valence-electron chi connectivity index (χ3n) is 6.92. The Hall–Kier alpha value is -5.62. The van der Waals surface area contributed by atoms with Crippen molar-refractivity contribution in [3.63, 3.8) is 0 Å². The molecule has 45 heavy (non-hydrogen) atoms. The number of ether oxygens (including phenoxy) is 2. The number of carbonyl (C=O) groups is 2. The van der Waals surface area contributed by atoms with Crippen molar-refractivity contribution in [2.75, 3.05) is 5.32 Å². The monoisotopic (exact) mass is 601 g/mol. The first-order valence-corrected chi connectivity index (χ1v) is 14.6. The van der Waals surface area contributed by atoms with Gasteiger partial charge in [0.15, 0.2) is 0 Å². The van der Waals surface area contributed by atoms with E-state index in [0.717, 1.165) is 27.8 Å². The zero-order chi connectivity index (χ0) is 32.0. The Labute approximate surface area is 262 Å². The molecule has 0 aliphatic rings. The highest BCUT2D eigenvalue weighted by Crippen LogP contribution is 2.27. The molecule has 1 heterocycles. The van der Waals surface area contributed by atoms with Gasteiger partial charge in [-0.3, -0.25) is 9.36 Å². The van der Waals surface area contributed by atoms with Gasteiger partial charge in [-0.25, -0.2) is 9.78 Å². The molecule has 228 valence electrons. The molecule has 1 aromatic heterocycles. The molecule has 5 aromatic rings. The van der Waals surface area contributed by atoms with Gasteiger partial charge in [0.2, 0.25) is 5.91 Å². The standard InChI is InChI=1S/C36H35N5O4/c1-24-18-28(39-34(42)20-27-19-26(21-37)14-17-32(27)44-23-25-10-6-5-7-11-25)15-16-30(24)41-31-13-9-8-12-29(31)40-33(41)22-38-35(43)45-36(2,3)4/h5-19H,20,22-23H2,1-4H3,(H,38,43)(H,39,42). The fourth-order valence-electron chi connectivity index (χ4n) is 4.95. The van der Waals surface area contributed by atoms with Gasteiger partial charge in [-0.2, -0.15) is 5.26 Å². The van der Waals surface area contributed by atoms with Crippen LogP contribution in [0.15, 0.2) is 91.0 Å². The predicted octanol–water partition coefficient (Wildman–Crippen LogP) is 6.99. The number of aryl methyl sites for hydroxylation is 1. The number of imidazole rings is 1. The lowest BCUT2D eigenvalue weighted by Gasteiger charge is -2.20. The average molecular weight is 602 g/mol. The largest absolute Gasteiger partial charge is 0.489 e. The van der Waals surface area contributed by atoms with E-state index >= 15 is 0 Å². The molecule has 0 saturated heterocycles. The van der Waals surface area contributed by atoms with Gasteiger partial charge in [-0.15, -0.1) is 0 Å². The molecule has 4 aromatic carbocycles. The number of nitrogens with one attached hydrogen (secondary N) is 2. The number of hydrogen-bond acceptors (Lipinski definition) is 6. The number of hydrogen-bond donors (Lipinski definition) is 2. The maximum atomic E-state index is 13.2. The first kappa shape index (κ1) is 30.8. The van der Waals surface area contributed by atoms with Gasteiger partial charge < -0.3 is 20.1 Å². The van der Waals surface area contributed by atoms with Crippen molar-refractivity contribution < 1.29 is 19.1 Å². The SMILES string of the molecule is Cc1cc(NC(=O)Cc2cc(C#N)ccc2OCc2ccccc2)ccc1-n1c(CNC(=O)OC(C)(C)C)nc2ccccc21. The van der Waals surface area contributed by atoms with Crippen molar-refractivity contribution >= 4 is 28.7 Å². The highest BCUT2D eigenvalue weighted by atomic mass is 16.6. The summed E-state index contributed by atoms with van der Waals surface area (Å²) in [6, 6.07) is 30.4. The van der Waals surface area contributed by atoms with Crippen molar-refractivity contribution in [3.05, 3.63) is 119 Å². The number of amides is 2. The summed E-state index contributed by atoms with van der Waals surface area (Å²) >= 11 is 0. The number of rotatable bonds is 9. The zero-order valence-electron chi connectivity index (χ0n) is 25.8. The van der Waals surface area contributed by atoms with Crippen LogP contribution in [0.5, 0.6) is 5.75 Å². The number of carbonyl (C=O) groups excluding carboxylic acids is 2. The van der Waals surface area contributed by atoms with Crippen LogP contribution in [0.2, 0.25) is 0 Å². The van der Waals surface area contributed by atoms with Crippen LogP contribution in [0.4, 0.5) is 10.5 Å². The Morgan fingerprint density at radius 3 is 2.44 bits per heavy atom. The molecule has 0 saturated carbocycles. The minimum atomic E-state index is -0.615. The van der Waals surface area contributed by atoms with Crippen LogP contribution in [0.1, 0.15) is 48.8 Å². The van der Waals surface area contributed by atoms with Crippen LogP contribution in [0.3, 0.4) is 0 Å². The normalized spacial score (nSPS) is 11.1. The predicted molar refractivity (Wildman–Crippen MR) is 173 cm³/mol. The van der Waals surface area contributed by atoms with Crippen LogP contribution < -0.4 is 15.4 Å². The molecule has 0 unspecified atom stereocenters. The van der Waals surface area contributed by atoms with Crippen LogP contribution >= 0.6 is 0 Å². The number of aromatic nitrogens is 2. The minimum absolute atomic E-state index is 0.0348. The van der Waals surface area contributed by atoms with Gasteiger partial charge >= 0.3 is 6.09 Å². The summed E-state index contributed by atoms with van der Waals surface area (Å²) in [5, 5.41) is 15.2. The molecule has 0 radical (unpaired) electrons. The molecule has 0 aliphatic heterocycles. The Morgan fingerprint density at radius 2 is 1.71 bits per heavy atom. The van der Waals surface area contributed by atoms with Gasteiger partial charge in [-0.1, -0.05) is 42.5 Å². The van der Waals surface area contributed by atoms with Crippen LogP contribution in [0.25, 0.3) is 16.7 Å². The van der Waals surface area contributed by atoms with Crippen molar-refractivity contribution in [2.45, 2.75) is 52.9 Å². The number of anilines is 1. The molecule has 0 spiro atoms. The lowest BCUT2D eigenvalue weighted by molar-refractivity contribution is -0.115. The van der Waals surface area contributed by atoms with Gasteiger partial charge in [0.25, 0.3) is 0 Å². The van der Waals surface area contributed by atoms with E-state index in [9.17, 15) is 14.9 Å². The van der Waals surface area contributed by atoms with Gasteiger partial charge in [-0.05, 0) is 87.4 Å². The summed E-state index contributed by atoms with van der Waals surface area (Å²) in [5.74, 6) is 0.957. The lowest BCUT2D eigenvalue weighted by Crippen LogP contribution is -2.32. The van der Waals surface area contributed by atoms with E-state index in [1.807, 2.05) is 105 Å². The third kappa shape index (κ3) is 7.86. The number of para-hydroxylation sites is 2. The topological polar surface area (TPSA) is 118 Å². The van der Waals surface area contributed by atoms with Crippen molar-refractivity contribution in [1.29, 1.82) is 5.26 Å². The summed E-state index contributed by atoms with van der Waals surface area (Å²) in [6.07, 6.45) is -0.489. The number of alkyl carbamates (subject to hydrolysis) is 1. The van der Waals surface area contributed by atoms with E-state index in [0.29, 0.717) is 35.0 Å². The molecular formula is C36H35N5O4. The van der Waals surface area contributed by atoms with Gasteiger partial charge in [0.1, 0.15) is 23.8 Å². The van der Waals surface area contributed by atoms with Crippen LogP contribution in [-0.2, 0) is 29.1 Å². The molecule has 9 heteroatoms. The minimum Gasteiger partial charge on any atom is -0.489 e. The second-order valence-corrected chi connectivity index (χ2v) is 11.6. The smallest absolute Gasteiger partial charge is 0.408 e. The van der Waals surface area contributed by atoms with E-state index < -0.39 is 11.7 Å². The number of fused-ring (bicyclic) bond motifs is 1. The van der Waals surface area contributed by atoms with E-state index in [-0.39, 0.29) is 18.9 Å². The molecule has 2 amide bonds. The van der Waals surface area contributed by atoms with Crippen molar-refractivity contribution in [3.8, 4) is 17.5 Å². The molecule has 2 N–H and O–H groups in total. The maximum Gasteiger partial charge on any atom is 0.408 e. The number of nitrogens with zero attached hydrogens (tertiary/aromatic N) is 3. The fraction of sp³-hybridized carbons (Fsp3) is 0.222. The molecular weight excluding hydrogens is 566 g/mol. The maximum absolute atomic E-state index is 13.2. The Bertz CT molecular complexity index is 1880. The van der Waals surface area contributed by atoms with E-state index in [1.165, 1.54) is 0 Å². The second kappa shape index (κ2) is 13.3. The highest BCUT2D eigenvalue weighted by molar-refractivity contribution is 5.93. The zero-order valence-corrected chi connectivity index (χ0v) is 25.8. The fourth-order valence-corrected chi connectivity index (χ4v) is 4.95. The molecule has 9 nitrogen and oxygen atoms in total. The second-order valence-electron chi connectivity index (χ2n) is 11.6. The highest BCUT2D eigenvalue weighted by Gasteiger charge is 2.19. The van der Waals surface area contributed by atoms with Crippen LogP contribution in [-0.4, -0.2) is 27.2 Å². The van der Waals surface area contributed by atoms with Gasteiger partial charge in [0.05, 0.1) is 41.3 Å². The summed E-state index contributed by atoms with van der Waals surface area (Å²) in [4.78, 5) is 30.3. The Kier molecular flexibility index (Phi) is 9.14. The first-order chi connectivity index (χ1) is 21.6. The molecule has 5 rings (SSSR count). The lowest BCUT2D eigenvalue weighted by atomic mass is 10.1. The number of benzene rings is 4. The summed E-state index contributed by atoms with van der Waals surface area (Å²) in [5.41, 5.74) is 5.53. The third-order valence-corrected chi connectivity index (χ3v) is 6.92. The molecule has 0 atom stereocenters.